The van der Waals surface area contributed by atoms with E-state index in [1.807, 2.05) is 0 Å². The van der Waals surface area contributed by atoms with Gasteiger partial charge in [0, 0.05) is 51.6 Å². The van der Waals surface area contributed by atoms with Gasteiger partial charge in [0.2, 0.25) is 23.6 Å². The minimum Gasteiger partial charge on any atom is -0.462 e. The standard InChI is InChI=1S/C85H162N4O18P2/c1-7-13-19-25-29-33-35-39-41-47-53-59-80(90)88-76(72-100-67-63-78(57-51-45-23-17-11-5)106-84(94)61-55-49-43-37-31-27-21-15-9-3)74-104-108(96,97)102-69-65-86-82(92)71-83(93)87-66-70-103-109(98,99)105-75-77(89-81(91)60-54-48-42-40-36-34-30-26-20-14-8-2)73-101-68-64-79(58-52-46-24-18-12-6)107-85(95)62-56-50-44-38-32-28-22-16-10-4/h37-38,43-44,76-79H,7-36,39-42,45-75H2,1-6H3,(H,86,92)(H,87,93)(H,88,90)(H,89,91)(H,96,97)(H,98,99)/b43-37-,44-38-/t76?,77?,78-,79-/m1/s1. The first-order chi connectivity index (χ1) is 52.9. The summed E-state index contributed by atoms with van der Waals surface area (Å²) in [5.74, 6) is -2.45. The smallest absolute Gasteiger partial charge is 0.462 e. The van der Waals surface area contributed by atoms with E-state index in [0.29, 0.717) is 64.2 Å². The summed E-state index contributed by atoms with van der Waals surface area (Å²) in [7, 11) is -9.47. The Morgan fingerprint density at radius 1 is 0.312 bits per heavy atom. The molecule has 0 saturated heterocycles. The molecule has 0 rings (SSSR count). The molecular weight excluding hydrogens is 1430 g/mol. The molecule has 0 spiro atoms. The average molecular weight is 1590 g/mol. The molecule has 0 aromatic carbocycles. The van der Waals surface area contributed by atoms with Gasteiger partial charge in [-0.3, -0.25) is 46.9 Å². The van der Waals surface area contributed by atoms with Gasteiger partial charge < -0.3 is 50.0 Å². The summed E-state index contributed by atoms with van der Waals surface area (Å²) in [4.78, 5) is 99.4. The molecular formula is C85H162N4O18P2. The number of phosphoric ester groups is 2. The van der Waals surface area contributed by atoms with Crippen LogP contribution in [0.1, 0.15) is 395 Å². The molecule has 0 heterocycles. The quantitative estimate of drug-likeness (QED) is 0.0108. The van der Waals surface area contributed by atoms with Crippen LogP contribution in [0.25, 0.3) is 0 Å². The second-order valence-electron chi connectivity index (χ2n) is 30.0. The van der Waals surface area contributed by atoms with Gasteiger partial charge in [0.1, 0.15) is 18.6 Å². The minimum atomic E-state index is -4.74. The van der Waals surface area contributed by atoms with Crippen LogP contribution < -0.4 is 21.3 Å². The topological polar surface area (TPSA) is 299 Å². The Labute approximate surface area is 663 Å². The summed E-state index contributed by atoms with van der Waals surface area (Å²) in [6.45, 7) is 11.2. The number of hydrogen-bond acceptors (Lipinski definition) is 16. The second kappa shape index (κ2) is 78.3. The normalized spacial score (nSPS) is 13.9. The third-order valence-corrected chi connectivity index (χ3v) is 21.2. The molecule has 24 heteroatoms. The fourth-order valence-electron chi connectivity index (χ4n) is 12.6. The molecule has 640 valence electrons. The van der Waals surface area contributed by atoms with E-state index < -0.39 is 72.4 Å². The SMILES string of the molecule is CCCCCC/C=C\CCCC(=O)O[C@H](CCCCCCC)CCOCC(COP(=O)(O)OCCNC(=O)CC(=O)NCCOP(=O)(O)OCC(COCC[C@@H](CCCCCCC)OC(=O)CCC/C=C\CCCCCC)NC(=O)CCCCCCCCCCCCC)NC(=O)CCCCCCCCCCCCC. The summed E-state index contributed by atoms with van der Waals surface area (Å²) in [5.41, 5.74) is 0. The zero-order valence-corrected chi connectivity index (χ0v) is 71.7. The highest BCUT2D eigenvalue weighted by atomic mass is 31.2. The van der Waals surface area contributed by atoms with Crippen LogP contribution in [0.15, 0.2) is 24.3 Å². The molecule has 0 aliphatic heterocycles. The van der Waals surface area contributed by atoms with Crippen LogP contribution in [0.5, 0.6) is 0 Å². The van der Waals surface area contributed by atoms with Gasteiger partial charge in [-0.1, -0.05) is 284 Å². The number of carbonyl (C=O) groups is 6. The maximum absolute atomic E-state index is 13.3. The number of carbonyl (C=O) groups excluding carboxylic acids is 6. The maximum Gasteiger partial charge on any atom is 0.472 e. The van der Waals surface area contributed by atoms with Crippen molar-refractivity contribution in [2.75, 3.05) is 65.9 Å². The lowest BCUT2D eigenvalue weighted by Gasteiger charge is -2.22. The molecule has 0 aliphatic carbocycles. The van der Waals surface area contributed by atoms with Crippen LogP contribution in [-0.2, 0) is 74.9 Å². The molecule has 4 unspecified atom stereocenters. The maximum atomic E-state index is 13.3. The molecule has 6 N–H and O–H groups in total. The Hall–Kier alpha value is -3.56. The molecule has 4 amide bonds. The number of phosphoric acid groups is 2. The Balaban J connectivity index is 5.55. The zero-order chi connectivity index (χ0) is 80.0. The zero-order valence-electron chi connectivity index (χ0n) is 69.9. The van der Waals surface area contributed by atoms with Crippen molar-refractivity contribution in [3.63, 3.8) is 0 Å². The Bertz CT molecular complexity index is 2170. The van der Waals surface area contributed by atoms with Crippen molar-refractivity contribution in [3.8, 4) is 0 Å². The van der Waals surface area contributed by atoms with Gasteiger partial charge in [-0.15, -0.1) is 0 Å². The van der Waals surface area contributed by atoms with E-state index >= 15 is 0 Å². The molecule has 0 aliphatic rings. The van der Waals surface area contributed by atoms with Crippen LogP contribution in [-0.4, -0.2) is 136 Å². The van der Waals surface area contributed by atoms with Crippen molar-refractivity contribution in [1.82, 2.24) is 21.3 Å². The number of rotatable bonds is 84. The largest absolute Gasteiger partial charge is 0.472 e. The summed E-state index contributed by atoms with van der Waals surface area (Å²) < 4.78 is 71.4. The van der Waals surface area contributed by atoms with E-state index in [9.17, 15) is 47.7 Å². The van der Waals surface area contributed by atoms with Crippen molar-refractivity contribution >= 4 is 51.2 Å². The number of esters is 2. The van der Waals surface area contributed by atoms with Gasteiger partial charge in [-0.05, 0) is 89.9 Å². The Kier molecular flexibility index (Phi) is 75.8. The van der Waals surface area contributed by atoms with E-state index in [1.54, 1.807) is 0 Å². The summed E-state index contributed by atoms with van der Waals surface area (Å²) >= 11 is 0. The number of hydrogen-bond donors (Lipinski definition) is 6. The number of unbranched alkanes of at least 4 members (excludes halogenated alkanes) is 38. The highest BCUT2D eigenvalue weighted by Crippen LogP contribution is 2.44. The van der Waals surface area contributed by atoms with Crippen molar-refractivity contribution in [2.45, 2.75) is 419 Å². The fraction of sp³-hybridized carbons (Fsp3) is 0.882. The first-order valence-electron chi connectivity index (χ1n) is 44.1. The van der Waals surface area contributed by atoms with Gasteiger partial charge in [-0.2, -0.15) is 0 Å². The fourth-order valence-corrected chi connectivity index (χ4v) is 14.1. The van der Waals surface area contributed by atoms with E-state index in [0.717, 1.165) is 128 Å². The lowest BCUT2D eigenvalue weighted by Crippen LogP contribution is -2.41. The Morgan fingerprint density at radius 3 is 0.917 bits per heavy atom. The predicted octanol–water partition coefficient (Wildman–Crippen LogP) is 21.0. The predicted molar refractivity (Wildman–Crippen MR) is 441 cm³/mol. The lowest BCUT2D eigenvalue weighted by molar-refractivity contribution is -0.151. The number of allylic oxidation sites excluding steroid dienone is 4. The molecule has 6 atom stereocenters. The van der Waals surface area contributed by atoms with Gasteiger partial charge >= 0.3 is 27.6 Å². The van der Waals surface area contributed by atoms with Crippen molar-refractivity contribution in [2.24, 2.45) is 0 Å². The second-order valence-corrected chi connectivity index (χ2v) is 32.9. The van der Waals surface area contributed by atoms with Gasteiger partial charge in [0.05, 0.1) is 64.9 Å². The highest BCUT2D eigenvalue weighted by Gasteiger charge is 2.27. The molecule has 0 radical (unpaired) electrons. The third kappa shape index (κ3) is 75.6. The van der Waals surface area contributed by atoms with Gasteiger partial charge in [-0.25, -0.2) is 9.13 Å². The molecule has 0 saturated carbocycles. The lowest BCUT2D eigenvalue weighted by atomic mass is 10.1. The van der Waals surface area contributed by atoms with Crippen molar-refractivity contribution in [3.05, 3.63) is 24.3 Å². The third-order valence-electron chi connectivity index (χ3n) is 19.2. The van der Waals surface area contributed by atoms with Crippen LogP contribution in [0.2, 0.25) is 0 Å². The van der Waals surface area contributed by atoms with Crippen LogP contribution in [0.3, 0.4) is 0 Å². The van der Waals surface area contributed by atoms with Gasteiger partial charge in [0.15, 0.2) is 0 Å². The van der Waals surface area contributed by atoms with Crippen LogP contribution >= 0.6 is 15.6 Å². The van der Waals surface area contributed by atoms with Crippen LogP contribution in [0.4, 0.5) is 0 Å². The van der Waals surface area contributed by atoms with E-state index in [-0.39, 0.29) is 88.3 Å². The molecule has 0 fully saturated rings. The average Bonchev–Trinajstić information content (AvgIpc) is 0.933. The van der Waals surface area contributed by atoms with Gasteiger partial charge in [0.25, 0.3) is 0 Å². The summed E-state index contributed by atoms with van der Waals surface area (Å²) in [6.07, 6.45) is 61.3. The molecule has 109 heavy (non-hydrogen) atoms. The molecule has 22 nitrogen and oxygen atoms in total. The molecule has 0 aromatic rings. The first kappa shape index (κ1) is 105. The number of ether oxygens (including phenoxy) is 4. The Morgan fingerprint density at radius 2 is 0.596 bits per heavy atom. The first-order valence-corrected chi connectivity index (χ1v) is 47.1. The van der Waals surface area contributed by atoms with E-state index in [2.05, 4.69) is 87.1 Å². The van der Waals surface area contributed by atoms with E-state index in [1.165, 1.54) is 141 Å². The number of amides is 4. The minimum absolute atomic E-state index is 0.0534. The van der Waals surface area contributed by atoms with Crippen molar-refractivity contribution < 1.29 is 84.7 Å². The summed E-state index contributed by atoms with van der Waals surface area (Å²) in [5, 5.41) is 10.7. The summed E-state index contributed by atoms with van der Waals surface area (Å²) in [6, 6.07) is -1.65. The van der Waals surface area contributed by atoms with Crippen LogP contribution in [0, 0.1) is 0 Å². The molecule has 0 bridgehead atoms. The highest BCUT2D eigenvalue weighted by molar-refractivity contribution is 7.47. The monoisotopic (exact) mass is 1590 g/mol. The van der Waals surface area contributed by atoms with Crippen molar-refractivity contribution in [1.29, 1.82) is 0 Å². The number of nitrogens with one attached hydrogen (secondary N) is 4. The van der Waals surface area contributed by atoms with E-state index in [4.69, 9.17) is 37.0 Å². The molecule has 0 aromatic heterocycles.